The van der Waals surface area contributed by atoms with Gasteiger partial charge in [-0.05, 0) is 56.2 Å². The van der Waals surface area contributed by atoms with Gasteiger partial charge in [0.05, 0.1) is 11.1 Å². The number of amides is 3. The molecule has 0 radical (unpaired) electrons. The van der Waals surface area contributed by atoms with Crippen molar-refractivity contribution in [2.24, 2.45) is 5.92 Å². The number of furan rings is 1. The average molecular weight is 404 g/mol. The van der Waals surface area contributed by atoms with Crippen molar-refractivity contribution in [3.8, 4) is 0 Å². The summed E-state index contributed by atoms with van der Waals surface area (Å²) in [5.74, 6) is -0.292. The maximum atomic E-state index is 12.7. The molecule has 1 aliphatic rings. The van der Waals surface area contributed by atoms with Crippen molar-refractivity contribution in [1.82, 2.24) is 15.5 Å². The van der Waals surface area contributed by atoms with Crippen LogP contribution in [0.1, 0.15) is 46.9 Å². The third-order valence-electron chi connectivity index (χ3n) is 4.78. The number of carbonyl (C=O) groups excluding carboxylic acids is 3. The van der Waals surface area contributed by atoms with Crippen LogP contribution < -0.4 is 10.6 Å². The van der Waals surface area contributed by atoms with Crippen LogP contribution in [0.4, 0.5) is 0 Å². The third kappa shape index (κ3) is 4.81. The molecule has 7 nitrogen and oxygen atoms in total. The third-order valence-corrected chi connectivity index (χ3v) is 5.64. The van der Waals surface area contributed by atoms with Crippen molar-refractivity contribution < 1.29 is 18.8 Å². The topological polar surface area (TPSA) is 91.7 Å². The fraction of sp³-hybridized carbons (Fsp3) is 0.450. The highest BCUT2D eigenvalue weighted by Gasteiger charge is 2.34. The molecule has 1 unspecified atom stereocenters. The van der Waals surface area contributed by atoms with Gasteiger partial charge in [0, 0.05) is 19.1 Å². The zero-order valence-corrected chi connectivity index (χ0v) is 16.8. The van der Waals surface area contributed by atoms with E-state index in [-0.39, 0.29) is 29.7 Å². The SMILES string of the molecule is CC(C)NC(=O)C(NC(=O)c1cccs1)C1CCN(C(=O)c2ccco2)CC1. The summed E-state index contributed by atoms with van der Waals surface area (Å²) in [4.78, 5) is 40.0. The Morgan fingerprint density at radius 3 is 2.46 bits per heavy atom. The molecule has 2 aromatic rings. The minimum absolute atomic E-state index is 0.0192. The van der Waals surface area contributed by atoms with E-state index in [1.165, 1.54) is 17.6 Å². The Balaban J connectivity index is 1.66. The zero-order valence-electron chi connectivity index (χ0n) is 16.0. The zero-order chi connectivity index (χ0) is 20.1. The summed E-state index contributed by atoms with van der Waals surface area (Å²) in [5, 5.41) is 7.63. The van der Waals surface area contributed by atoms with Gasteiger partial charge >= 0.3 is 0 Å². The summed E-state index contributed by atoms with van der Waals surface area (Å²) in [5.41, 5.74) is 0. The minimum Gasteiger partial charge on any atom is -0.459 e. The number of hydrogen-bond acceptors (Lipinski definition) is 5. The lowest BCUT2D eigenvalue weighted by Gasteiger charge is -2.35. The molecule has 3 rings (SSSR count). The lowest BCUT2D eigenvalue weighted by atomic mass is 9.88. The molecule has 8 heteroatoms. The Bertz CT molecular complexity index is 794. The highest BCUT2D eigenvalue weighted by Crippen LogP contribution is 2.23. The Morgan fingerprint density at radius 2 is 1.89 bits per heavy atom. The van der Waals surface area contributed by atoms with E-state index in [1.807, 2.05) is 25.3 Å². The summed E-state index contributed by atoms with van der Waals surface area (Å²) in [6.07, 6.45) is 2.74. The van der Waals surface area contributed by atoms with Crippen LogP contribution in [0.5, 0.6) is 0 Å². The van der Waals surface area contributed by atoms with E-state index in [0.717, 1.165) is 0 Å². The maximum Gasteiger partial charge on any atom is 0.289 e. The van der Waals surface area contributed by atoms with Crippen molar-refractivity contribution in [3.63, 3.8) is 0 Å². The van der Waals surface area contributed by atoms with Crippen molar-refractivity contribution in [1.29, 1.82) is 0 Å². The Labute approximate surface area is 168 Å². The largest absolute Gasteiger partial charge is 0.459 e. The number of nitrogens with one attached hydrogen (secondary N) is 2. The molecule has 28 heavy (non-hydrogen) atoms. The van der Waals surface area contributed by atoms with Gasteiger partial charge in [0.2, 0.25) is 5.91 Å². The first kappa shape index (κ1) is 20.1. The first-order valence-corrected chi connectivity index (χ1v) is 10.3. The summed E-state index contributed by atoms with van der Waals surface area (Å²) in [6, 6.07) is 6.23. The predicted octanol–water partition coefficient (Wildman–Crippen LogP) is 2.52. The standard InChI is InChI=1S/C20H25N3O4S/c1-13(2)21-19(25)17(22-18(24)16-6-4-12-28-16)14-7-9-23(10-8-14)20(26)15-5-3-11-27-15/h3-6,11-14,17H,7-10H2,1-2H3,(H,21,25)(H,22,24). The molecule has 1 aliphatic heterocycles. The van der Waals surface area contributed by atoms with Crippen molar-refractivity contribution in [2.75, 3.05) is 13.1 Å². The van der Waals surface area contributed by atoms with Gasteiger partial charge in [0.25, 0.3) is 11.8 Å². The monoisotopic (exact) mass is 403 g/mol. The fourth-order valence-corrected chi connectivity index (χ4v) is 4.01. The number of carbonyl (C=O) groups is 3. The predicted molar refractivity (Wildman–Crippen MR) is 106 cm³/mol. The van der Waals surface area contributed by atoms with Crippen LogP contribution in [0.3, 0.4) is 0 Å². The molecule has 3 heterocycles. The number of rotatable bonds is 6. The minimum atomic E-state index is -0.627. The summed E-state index contributed by atoms with van der Waals surface area (Å²) in [7, 11) is 0. The molecule has 0 aromatic carbocycles. The van der Waals surface area contributed by atoms with Crippen LogP contribution in [-0.4, -0.2) is 47.8 Å². The summed E-state index contributed by atoms with van der Waals surface area (Å²) in [6.45, 7) is 4.82. The molecule has 0 spiro atoms. The van der Waals surface area contributed by atoms with Crippen LogP contribution in [0, 0.1) is 5.92 Å². The molecule has 1 fully saturated rings. The van der Waals surface area contributed by atoms with Crippen LogP contribution in [0.15, 0.2) is 40.3 Å². The normalized spacial score (nSPS) is 16.0. The van der Waals surface area contributed by atoms with Crippen LogP contribution in [0.2, 0.25) is 0 Å². The number of hydrogen-bond donors (Lipinski definition) is 2. The lowest BCUT2D eigenvalue weighted by molar-refractivity contribution is -0.125. The second-order valence-electron chi connectivity index (χ2n) is 7.20. The number of nitrogens with zero attached hydrogens (tertiary/aromatic N) is 1. The number of piperidine rings is 1. The maximum absolute atomic E-state index is 12.7. The second-order valence-corrected chi connectivity index (χ2v) is 8.15. The Morgan fingerprint density at radius 1 is 1.14 bits per heavy atom. The number of thiophene rings is 1. The lowest BCUT2D eigenvalue weighted by Crippen LogP contribution is -2.54. The molecule has 1 atom stereocenters. The molecule has 150 valence electrons. The van der Waals surface area contributed by atoms with Gasteiger partial charge < -0.3 is 20.0 Å². The van der Waals surface area contributed by atoms with Crippen molar-refractivity contribution in [3.05, 3.63) is 46.5 Å². The van der Waals surface area contributed by atoms with E-state index in [2.05, 4.69) is 10.6 Å². The van der Waals surface area contributed by atoms with E-state index in [4.69, 9.17) is 4.42 Å². The van der Waals surface area contributed by atoms with E-state index < -0.39 is 6.04 Å². The molecule has 0 bridgehead atoms. The van der Waals surface area contributed by atoms with Gasteiger partial charge in [-0.3, -0.25) is 14.4 Å². The van der Waals surface area contributed by atoms with Gasteiger partial charge in [0.1, 0.15) is 6.04 Å². The first-order chi connectivity index (χ1) is 13.5. The molecule has 2 N–H and O–H groups in total. The van der Waals surface area contributed by atoms with Crippen molar-refractivity contribution in [2.45, 2.75) is 38.8 Å². The van der Waals surface area contributed by atoms with Gasteiger partial charge in [0.15, 0.2) is 5.76 Å². The highest BCUT2D eigenvalue weighted by molar-refractivity contribution is 7.12. The molecular formula is C20H25N3O4S. The van der Waals surface area contributed by atoms with Crippen LogP contribution >= 0.6 is 11.3 Å². The Hall–Kier alpha value is -2.61. The fourth-order valence-electron chi connectivity index (χ4n) is 3.38. The summed E-state index contributed by atoms with van der Waals surface area (Å²) >= 11 is 1.34. The molecule has 1 saturated heterocycles. The van der Waals surface area contributed by atoms with Crippen molar-refractivity contribution >= 4 is 29.1 Å². The smallest absolute Gasteiger partial charge is 0.289 e. The highest BCUT2D eigenvalue weighted by atomic mass is 32.1. The average Bonchev–Trinajstić information content (AvgIpc) is 3.39. The molecule has 0 aliphatic carbocycles. The van der Waals surface area contributed by atoms with Gasteiger partial charge in [-0.1, -0.05) is 6.07 Å². The molecule has 0 saturated carbocycles. The molecule has 2 aromatic heterocycles. The van der Waals surface area contributed by atoms with E-state index in [9.17, 15) is 14.4 Å². The number of likely N-dealkylation sites (tertiary alicyclic amines) is 1. The quantitative estimate of drug-likeness (QED) is 0.775. The van der Waals surface area contributed by atoms with E-state index >= 15 is 0 Å². The van der Waals surface area contributed by atoms with Gasteiger partial charge in [-0.2, -0.15) is 0 Å². The van der Waals surface area contributed by atoms with Crippen LogP contribution in [0.25, 0.3) is 0 Å². The summed E-state index contributed by atoms with van der Waals surface area (Å²) < 4.78 is 5.19. The Kier molecular flexibility index (Phi) is 6.51. The first-order valence-electron chi connectivity index (χ1n) is 9.43. The van der Waals surface area contributed by atoms with Gasteiger partial charge in [-0.15, -0.1) is 11.3 Å². The van der Waals surface area contributed by atoms with E-state index in [0.29, 0.717) is 36.6 Å². The van der Waals surface area contributed by atoms with Crippen LogP contribution in [-0.2, 0) is 4.79 Å². The second kappa shape index (κ2) is 9.05. The van der Waals surface area contributed by atoms with Gasteiger partial charge in [-0.25, -0.2) is 0 Å². The van der Waals surface area contributed by atoms with E-state index in [1.54, 1.807) is 23.1 Å². The molecule has 3 amide bonds. The molecular weight excluding hydrogens is 378 g/mol.